The van der Waals surface area contributed by atoms with Gasteiger partial charge in [-0.25, -0.2) is 0 Å². The number of carbonyl (C=O) groups excluding carboxylic acids is 1. The van der Waals surface area contributed by atoms with Crippen LogP contribution in [0.25, 0.3) is 0 Å². The monoisotopic (exact) mass is 748 g/mol. The number of carbonyl (C=O) groups is 1. The van der Waals surface area contributed by atoms with Crippen molar-refractivity contribution in [2.75, 3.05) is 6.61 Å². The molecular formula is C49H97NO3. The van der Waals surface area contributed by atoms with Crippen molar-refractivity contribution in [1.29, 1.82) is 0 Å². The highest BCUT2D eigenvalue weighted by Gasteiger charge is 2.18. The summed E-state index contributed by atoms with van der Waals surface area (Å²) in [5, 5.41) is 23.1. The van der Waals surface area contributed by atoms with Crippen molar-refractivity contribution >= 4 is 5.91 Å². The van der Waals surface area contributed by atoms with E-state index in [9.17, 15) is 15.0 Å². The van der Waals surface area contributed by atoms with Crippen LogP contribution in [0.3, 0.4) is 0 Å². The van der Waals surface area contributed by atoms with Gasteiger partial charge >= 0.3 is 0 Å². The van der Waals surface area contributed by atoms with Crippen LogP contribution in [0.1, 0.15) is 277 Å². The van der Waals surface area contributed by atoms with Gasteiger partial charge in [-0.1, -0.05) is 264 Å². The number of unbranched alkanes of at least 4 members (excludes halogenated alkanes) is 38. The second-order valence-electron chi connectivity index (χ2n) is 16.9. The summed E-state index contributed by atoms with van der Waals surface area (Å²) in [5.74, 6) is -0.0577. The van der Waals surface area contributed by atoms with E-state index in [0.29, 0.717) is 6.42 Å². The number of allylic oxidation sites excluding steroid dienone is 1. The molecule has 0 bridgehead atoms. The number of hydrogen-bond donors (Lipinski definition) is 3. The Morgan fingerprint density at radius 3 is 0.981 bits per heavy atom. The van der Waals surface area contributed by atoms with Gasteiger partial charge in [0.2, 0.25) is 5.91 Å². The molecule has 2 unspecified atom stereocenters. The molecule has 3 N–H and O–H groups in total. The van der Waals surface area contributed by atoms with Crippen LogP contribution in [-0.4, -0.2) is 34.9 Å². The second kappa shape index (κ2) is 45.5. The summed E-state index contributed by atoms with van der Waals surface area (Å²) in [6, 6.07) is -0.617. The quantitative estimate of drug-likeness (QED) is 0.0429. The lowest BCUT2D eigenvalue weighted by atomic mass is 10.0. The Balaban J connectivity index is 3.49. The Labute approximate surface area is 333 Å². The van der Waals surface area contributed by atoms with Crippen LogP contribution in [-0.2, 0) is 4.79 Å². The molecule has 0 rings (SSSR count). The molecule has 0 saturated carbocycles. The van der Waals surface area contributed by atoms with Gasteiger partial charge in [0.15, 0.2) is 0 Å². The average molecular weight is 748 g/mol. The SMILES string of the molecule is CCCCCCCCCCCCCCCCCCCCC/C=C/C(O)C(CO)NC(=O)CCCCCCCCCCCCCCCCCCCCCC. The van der Waals surface area contributed by atoms with Crippen molar-refractivity contribution in [2.45, 2.75) is 289 Å². The fraction of sp³-hybridized carbons (Fsp3) is 0.939. The fourth-order valence-electron chi connectivity index (χ4n) is 7.77. The molecule has 0 spiro atoms. The van der Waals surface area contributed by atoms with Crippen molar-refractivity contribution in [1.82, 2.24) is 5.32 Å². The predicted octanol–water partition coefficient (Wildman–Crippen LogP) is 15.4. The number of amides is 1. The Hall–Kier alpha value is -0.870. The summed E-state index contributed by atoms with van der Waals surface area (Å²) in [4.78, 5) is 12.4. The van der Waals surface area contributed by atoms with E-state index in [4.69, 9.17) is 0 Å². The molecule has 0 radical (unpaired) electrons. The normalized spacial score (nSPS) is 12.9. The van der Waals surface area contributed by atoms with E-state index in [1.54, 1.807) is 6.08 Å². The molecular weight excluding hydrogens is 651 g/mol. The van der Waals surface area contributed by atoms with Crippen LogP contribution < -0.4 is 5.32 Å². The lowest BCUT2D eigenvalue weighted by Gasteiger charge is -2.20. The fourth-order valence-corrected chi connectivity index (χ4v) is 7.77. The van der Waals surface area contributed by atoms with Crippen LogP contribution in [0.2, 0.25) is 0 Å². The molecule has 316 valence electrons. The summed E-state index contributed by atoms with van der Waals surface area (Å²) >= 11 is 0. The van der Waals surface area contributed by atoms with Crippen LogP contribution in [0, 0.1) is 0 Å². The van der Waals surface area contributed by atoms with Gasteiger partial charge in [-0.2, -0.15) is 0 Å². The van der Waals surface area contributed by atoms with Crippen LogP contribution in [0.15, 0.2) is 12.2 Å². The van der Waals surface area contributed by atoms with Crippen LogP contribution in [0.5, 0.6) is 0 Å². The van der Waals surface area contributed by atoms with Gasteiger partial charge in [-0.05, 0) is 19.3 Å². The average Bonchev–Trinajstić information content (AvgIpc) is 3.16. The van der Waals surface area contributed by atoms with E-state index >= 15 is 0 Å². The predicted molar refractivity (Wildman–Crippen MR) is 235 cm³/mol. The second-order valence-corrected chi connectivity index (χ2v) is 16.9. The van der Waals surface area contributed by atoms with Gasteiger partial charge in [0.05, 0.1) is 18.8 Å². The van der Waals surface area contributed by atoms with Crippen LogP contribution >= 0.6 is 0 Å². The molecule has 4 heteroatoms. The van der Waals surface area contributed by atoms with E-state index in [2.05, 4.69) is 19.2 Å². The molecule has 4 nitrogen and oxygen atoms in total. The van der Waals surface area contributed by atoms with Gasteiger partial charge in [-0.15, -0.1) is 0 Å². The lowest BCUT2D eigenvalue weighted by molar-refractivity contribution is -0.123. The van der Waals surface area contributed by atoms with E-state index in [1.807, 2.05) is 6.08 Å². The Morgan fingerprint density at radius 2 is 0.698 bits per heavy atom. The minimum atomic E-state index is -0.834. The van der Waals surface area contributed by atoms with E-state index in [1.165, 1.54) is 231 Å². The minimum Gasteiger partial charge on any atom is -0.394 e. The van der Waals surface area contributed by atoms with Crippen molar-refractivity contribution in [3.8, 4) is 0 Å². The summed E-state index contributed by atoms with van der Waals surface area (Å²) in [6.07, 6.45) is 57.7. The molecule has 0 aliphatic carbocycles. The lowest BCUT2D eigenvalue weighted by Crippen LogP contribution is -2.45. The Kier molecular flexibility index (Phi) is 44.8. The summed E-state index contributed by atoms with van der Waals surface area (Å²) < 4.78 is 0. The first-order valence-electron chi connectivity index (χ1n) is 24.4. The first-order chi connectivity index (χ1) is 26.2. The number of aliphatic hydroxyl groups is 2. The number of rotatable bonds is 45. The van der Waals surface area contributed by atoms with E-state index in [0.717, 1.165) is 25.7 Å². The van der Waals surface area contributed by atoms with Crippen molar-refractivity contribution in [3.63, 3.8) is 0 Å². The highest BCUT2D eigenvalue weighted by molar-refractivity contribution is 5.76. The van der Waals surface area contributed by atoms with E-state index < -0.39 is 12.1 Å². The van der Waals surface area contributed by atoms with Crippen molar-refractivity contribution < 1.29 is 15.0 Å². The molecule has 0 heterocycles. The first-order valence-corrected chi connectivity index (χ1v) is 24.4. The molecule has 1 amide bonds. The smallest absolute Gasteiger partial charge is 0.220 e. The molecule has 53 heavy (non-hydrogen) atoms. The first kappa shape index (κ1) is 52.1. The van der Waals surface area contributed by atoms with Crippen LogP contribution in [0.4, 0.5) is 0 Å². The molecule has 0 aromatic carbocycles. The highest BCUT2D eigenvalue weighted by atomic mass is 16.3. The van der Waals surface area contributed by atoms with E-state index in [-0.39, 0.29) is 12.5 Å². The maximum atomic E-state index is 12.4. The third-order valence-electron chi connectivity index (χ3n) is 11.5. The third-order valence-corrected chi connectivity index (χ3v) is 11.5. The molecule has 0 aromatic rings. The van der Waals surface area contributed by atoms with Gasteiger partial charge in [0, 0.05) is 6.42 Å². The Bertz CT molecular complexity index is 725. The number of hydrogen-bond acceptors (Lipinski definition) is 3. The largest absolute Gasteiger partial charge is 0.394 e. The zero-order valence-corrected chi connectivity index (χ0v) is 36.3. The zero-order valence-electron chi connectivity index (χ0n) is 36.3. The molecule has 0 aliphatic rings. The van der Waals surface area contributed by atoms with Gasteiger partial charge < -0.3 is 15.5 Å². The summed E-state index contributed by atoms with van der Waals surface area (Å²) in [5.41, 5.74) is 0. The minimum absolute atomic E-state index is 0.0577. The highest BCUT2D eigenvalue weighted by Crippen LogP contribution is 2.17. The maximum absolute atomic E-state index is 12.4. The molecule has 0 aromatic heterocycles. The zero-order chi connectivity index (χ0) is 38.6. The summed E-state index contributed by atoms with van der Waals surface area (Å²) in [7, 11) is 0. The molecule has 2 atom stereocenters. The summed E-state index contributed by atoms with van der Waals surface area (Å²) in [6.45, 7) is 4.34. The molecule has 0 aliphatic heterocycles. The molecule has 0 fully saturated rings. The van der Waals surface area contributed by atoms with Crippen molar-refractivity contribution in [2.24, 2.45) is 0 Å². The number of aliphatic hydroxyl groups excluding tert-OH is 2. The maximum Gasteiger partial charge on any atom is 0.220 e. The van der Waals surface area contributed by atoms with Gasteiger partial charge in [-0.3, -0.25) is 4.79 Å². The standard InChI is InChI=1S/C49H97NO3/c1-3-5-7-9-11-13-15-17-19-21-23-25-26-28-30-32-34-36-38-40-42-44-48(52)47(46-51)50-49(53)45-43-41-39-37-35-33-31-29-27-24-22-20-18-16-14-12-10-8-6-4-2/h42,44,47-48,51-52H,3-41,43,45-46H2,1-2H3,(H,50,53)/b44-42+. The number of nitrogens with one attached hydrogen (secondary N) is 1. The van der Waals surface area contributed by atoms with Gasteiger partial charge in [0.25, 0.3) is 0 Å². The van der Waals surface area contributed by atoms with Gasteiger partial charge in [0.1, 0.15) is 0 Å². The molecule has 0 saturated heterocycles. The Morgan fingerprint density at radius 1 is 0.434 bits per heavy atom. The van der Waals surface area contributed by atoms with Crippen molar-refractivity contribution in [3.05, 3.63) is 12.2 Å². The third kappa shape index (κ3) is 42.1. The topological polar surface area (TPSA) is 69.6 Å².